The van der Waals surface area contributed by atoms with Crippen molar-refractivity contribution in [3.63, 3.8) is 0 Å². The number of carbonyl (C=O) groups excluding carboxylic acids is 1. The monoisotopic (exact) mass is 426 g/mol. The number of hydrogen-bond donors (Lipinski definition) is 1. The van der Waals surface area contributed by atoms with Crippen molar-refractivity contribution < 1.29 is 13.9 Å². The van der Waals surface area contributed by atoms with Crippen LogP contribution in [0.2, 0.25) is 5.02 Å². The standard InChI is InChI=1S/C21H15ClN2O4S/c1-12-8-20(26)28-18-9-13(6-7-14(12)18)27-10-19(25)24-21-23-17(11-29-21)15-4-2-3-5-16(15)22/h2-9,11H,10H2,1H3,(H,23,24,25). The van der Waals surface area contributed by atoms with Crippen molar-refractivity contribution in [2.75, 3.05) is 11.9 Å². The number of ether oxygens (including phenoxy) is 1. The van der Waals surface area contributed by atoms with Crippen LogP contribution in [0.3, 0.4) is 0 Å². The van der Waals surface area contributed by atoms with Crippen LogP contribution >= 0.6 is 22.9 Å². The van der Waals surface area contributed by atoms with Crippen molar-refractivity contribution in [2.24, 2.45) is 0 Å². The number of carbonyl (C=O) groups is 1. The van der Waals surface area contributed by atoms with Crippen LogP contribution < -0.4 is 15.7 Å². The Morgan fingerprint density at radius 2 is 2.07 bits per heavy atom. The van der Waals surface area contributed by atoms with E-state index in [9.17, 15) is 9.59 Å². The van der Waals surface area contributed by atoms with Crippen LogP contribution in [0.15, 0.2) is 63.1 Å². The number of anilines is 1. The highest BCUT2D eigenvalue weighted by atomic mass is 35.5. The molecule has 0 bridgehead atoms. The summed E-state index contributed by atoms with van der Waals surface area (Å²) in [4.78, 5) is 28.1. The summed E-state index contributed by atoms with van der Waals surface area (Å²) in [5.41, 5.74) is 2.30. The topological polar surface area (TPSA) is 81.4 Å². The van der Waals surface area contributed by atoms with Gasteiger partial charge in [-0.25, -0.2) is 9.78 Å². The molecule has 4 aromatic rings. The Labute approximate surface area is 174 Å². The summed E-state index contributed by atoms with van der Waals surface area (Å²) in [5, 5.41) is 6.39. The predicted molar refractivity (Wildman–Crippen MR) is 114 cm³/mol. The summed E-state index contributed by atoms with van der Waals surface area (Å²) < 4.78 is 10.7. The van der Waals surface area contributed by atoms with E-state index in [2.05, 4.69) is 10.3 Å². The second-order valence-corrected chi connectivity index (χ2v) is 7.53. The van der Waals surface area contributed by atoms with E-state index < -0.39 is 5.63 Å². The van der Waals surface area contributed by atoms with Gasteiger partial charge in [-0.3, -0.25) is 10.1 Å². The Balaban J connectivity index is 1.41. The minimum Gasteiger partial charge on any atom is -0.484 e. The van der Waals surface area contributed by atoms with E-state index >= 15 is 0 Å². The fraction of sp³-hybridized carbons (Fsp3) is 0.0952. The number of aryl methyl sites for hydroxylation is 1. The van der Waals surface area contributed by atoms with Crippen LogP contribution in [0.1, 0.15) is 5.56 Å². The lowest BCUT2D eigenvalue weighted by atomic mass is 10.1. The molecule has 0 fully saturated rings. The van der Waals surface area contributed by atoms with Crippen molar-refractivity contribution in [1.29, 1.82) is 0 Å². The zero-order valence-corrected chi connectivity index (χ0v) is 16.8. The van der Waals surface area contributed by atoms with Gasteiger partial charge in [0.25, 0.3) is 5.91 Å². The zero-order chi connectivity index (χ0) is 20.4. The molecule has 0 saturated heterocycles. The lowest BCUT2D eigenvalue weighted by Crippen LogP contribution is -2.20. The van der Waals surface area contributed by atoms with Crippen molar-refractivity contribution in [1.82, 2.24) is 4.98 Å². The SMILES string of the molecule is Cc1cc(=O)oc2cc(OCC(=O)Nc3nc(-c4ccccc4Cl)cs3)ccc12. The van der Waals surface area contributed by atoms with E-state index in [1.807, 2.05) is 30.5 Å². The van der Waals surface area contributed by atoms with Gasteiger partial charge in [-0.15, -0.1) is 11.3 Å². The van der Waals surface area contributed by atoms with Gasteiger partial charge in [0.2, 0.25) is 0 Å². The molecule has 4 rings (SSSR count). The molecule has 2 aromatic heterocycles. The van der Waals surface area contributed by atoms with Crippen LogP contribution in [0.25, 0.3) is 22.2 Å². The maximum absolute atomic E-state index is 12.2. The second-order valence-electron chi connectivity index (χ2n) is 6.26. The van der Waals surface area contributed by atoms with Gasteiger partial charge in [0.15, 0.2) is 11.7 Å². The molecule has 6 nitrogen and oxygen atoms in total. The molecule has 8 heteroatoms. The van der Waals surface area contributed by atoms with Crippen LogP contribution in [0, 0.1) is 6.92 Å². The molecule has 1 N–H and O–H groups in total. The number of amides is 1. The molecule has 0 aliphatic carbocycles. The highest BCUT2D eigenvalue weighted by Gasteiger charge is 2.11. The quantitative estimate of drug-likeness (QED) is 0.459. The molecular weight excluding hydrogens is 412 g/mol. The number of hydrogen-bond acceptors (Lipinski definition) is 6. The van der Waals surface area contributed by atoms with Crippen LogP contribution in [0.4, 0.5) is 5.13 Å². The van der Waals surface area contributed by atoms with E-state index in [4.69, 9.17) is 20.8 Å². The van der Waals surface area contributed by atoms with Gasteiger partial charge in [-0.2, -0.15) is 0 Å². The number of benzene rings is 2. The number of fused-ring (bicyclic) bond motifs is 1. The van der Waals surface area contributed by atoms with Gasteiger partial charge in [0.1, 0.15) is 11.3 Å². The average Bonchev–Trinajstić information content (AvgIpc) is 3.14. The summed E-state index contributed by atoms with van der Waals surface area (Å²) in [5.74, 6) is 0.0770. The molecule has 29 heavy (non-hydrogen) atoms. The second kappa shape index (κ2) is 8.06. The van der Waals surface area contributed by atoms with Crippen LogP contribution in [-0.4, -0.2) is 17.5 Å². The van der Waals surface area contributed by atoms with Gasteiger partial charge >= 0.3 is 5.63 Å². The fourth-order valence-electron chi connectivity index (χ4n) is 2.82. The third-order valence-corrected chi connectivity index (χ3v) is 5.28. The molecule has 0 atom stereocenters. The molecule has 1 amide bonds. The highest BCUT2D eigenvalue weighted by Crippen LogP contribution is 2.30. The first-order chi connectivity index (χ1) is 14.0. The Kier molecular flexibility index (Phi) is 5.33. The molecule has 0 saturated carbocycles. The molecule has 0 aliphatic heterocycles. The largest absolute Gasteiger partial charge is 0.484 e. The predicted octanol–water partition coefficient (Wildman–Crippen LogP) is 4.90. The Bertz CT molecular complexity index is 1270. The molecule has 0 aliphatic rings. The van der Waals surface area contributed by atoms with Gasteiger partial charge in [0.05, 0.1) is 5.69 Å². The number of nitrogens with one attached hydrogen (secondary N) is 1. The number of rotatable bonds is 5. The molecule has 0 unspecified atom stereocenters. The average molecular weight is 427 g/mol. The minimum absolute atomic E-state index is 0.206. The van der Waals surface area contributed by atoms with Crippen molar-refractivity contribution in [2.45, 2.75) is 6.92 Å². The summed E-state index contributed by atoms with van der Waals surface area (Å²) in [7, 11) is 0. The third-order valence-electron chi connectivity index (χ3n) is 4.19. The van der Waals surface area contributed by atoms with E-state index in [1.54, 1.807) is 24.3 Å². The number of aromatic nitrogens is 1. The first-order valence-corrected chi connectivity index (χ1v) is 9.93. The van der Waals surface area contributed by atoms with E-state index in [-0.39, 0.29) is 12.5 Å². The van der Waals surface area contributed by atoms with Crippen LogP contribution in [-0.2, 0) is 4.79 Å². The maximum atomic E-state index is 12.2. The van der Waals surface area contributed by atoms with Crippen molar-refractivity contribution in [3.05, 3.63) is 74.9 Å². The molecule has 2 aromatic carbocycles. The summed E-state index contributed by atoms with van der Waals surface area (Å²) in [6, 6.07) is 13.9. The highest BCUT2D eigenvalue weighted by molar-refractivity contribution is 7.14. The number of thiazole rings is 1. The lowest BCUT2D eigenvalue weighted by Gasteiger charge is -2.07. The Hall–Kier alpha value is -3.16. The van der Waals surface area contributed by atoms with E-state index in [0.717, 1.165) is 16.5 Å². The smallest absolute Gasteiger partial charge is 0.336 e. The van der Waals surface area contributed by atoms with Gasteiger partial charge in [-0.1, -0.05) is 29.8 Å². The fourth-order valence-corrected chi connectivity index (χ4v) is 3.78. The van der Waals surface area contributed by atoms with Gasteiger partial charge < -0.3 is 9.15 Å². The van der Waals surface area contributed by atoms with Crippen LogP contribution in [0.5, 0.6) is 5.75 Å². The first-order valence-electron chi connectivity index (χ1n) is 8.67. The summed E-state index contributed by atoms with van der Waals surface area (Å²) in [6.45, 7) is 1.63. The van der Waals surface area contributed by atoms with Gasteiger partial charge in [-0.05, 0) is 30.7 Å². The Morgan fingerprint density at radius 3 is 2.90 bits per heavy atom. The first kappa shape index (κ1) is 19.2. The van der Waals surface area contributed by atoms with E-state index in [1.165, 1.54) is 17.4 Å². The maximum Gasteiger partial charge on any atom is 0.336 e. The molecule has 146 valence electrons. The van der Waals surface area contributed by atoms with Crippen molar-refractivity contribution in [3.8, 4) is 17.0 Å². The number of halogens is 1. The molecule has 2 heterocycles. The summed E-state index contributed by atoms with van der Waals surface area (Å²) in [6.07, 6.45) is 0. The third kappa shape index (κ3) is 4.31. The minimum atomic E-state index is -0.428. The molecule has 0 spiro atoms. The zero-order valence-electron chi connectivity index (χ0n) is 15.3. The summed E-state index contributed by atoms with van der Waals surface area (Å²) >= 11 is 7.48. The van der Waals surface area contributed by atoms with Gasteiger partial charge in [0, 0.05) is 33.5 Å². The lowest BCUT2D eigenvalue weighted by molar-refractivity contribution is -0.118. The van der Waals surface area contributed by atoms with E-state index in [0.29, 0.717) is 27.2 Å². The molecular formula is C21H15ClN2O4S. The number of nitrogens with zero attached hydrogens (tertiary/aromatic N) is 1. The Morgan fingerprint density at radius 1 is 1.24 bits per heavy atom. The van der Waals surface area contributed by atoms with Crippen molar-refractivity contribution >= 4 is 44.9 Å². The normalized spacial score (nSPS) is 10.8. The molecule has 0 radical (unpaired) electrons.